The van der Waals surface area contributed by atoms with Crippen LogP contribution in [0.25, 0.3) is 0 Å². The summed E-state index contributed by atoms with van der Waals surface area (Å²) in [5, 5.41) is 2.72. The summed E-state index contributed by atoms with van der Waals surface area (Å²) in [6.07, 6.45) is 1.32. The summed E-state index contributed by atoms with van der Waals surface area (Å²) in [5.41, 5.74) is 0. The van der Waals surface area contributed by atoms with E-state index in [1.807, 2.05) is 19.0 Å². The molecule has 0 aromatic rings. The van der Waals surface area contributed by atoms with Crippen molar-refractivity contribution in [3.8, 4) is 0 Å². The van der Waals surface area contributed by atoms with E-state index in [1.165, 1.54) is 0 Å². The van der Waals surface area contributed by atoms with Crippen LogP contribution in [-0.2, 0) is 9.47 Å². The molecule has 0 spiro atoms. The van der Waals surface area contributed by atoms with Crippen LogP contribution >= 0.6 is 0 Å². The number of amides is 1. The van der Waals surface area contributed by atoms with E-state index in [1.54, 1.807) is 0 Å². The van der Waals surface area contributed by atoms with Crippen LogP contribution in [0.3, 0.4) is 0 Å². The number of rotatable bonds is 4. The molecule has 0 atom stereocenters. The average molecular weight is 216 g/mol. The van der Waals surface area contributed by atoms with Crippen LogP contribution in [-0.4, -0.2) is 57.5 Å². The number of hydrogen-bond donors (Lipinski definition) is 1. The van der Waals surface area contributed by atoms with Crippen LogP contribution in [0.1, 0.15) is 12.8 Å². The standard InChI is InChI=1S/C10H20N2O3/c1-12(2)6-5-11-10(13)15-9-3-7-14-8-4-9/h9H,3-8H2,1-2H3,(H,11,13). The molecule has 15 heavy (non-hydrogen) atoms. The van der Waals surface area contributed by atoms with Gasteiger partial charge in [0.1, 0.15) is 6.10 Å². The molecule has 1 saturated heterocycles. The zero-order valence-corrected chi connectivity index (χ0v) is 9.49. The Morgan fingerprint density at radius 1 is 1.47 bits per heavy atom. The first-order valence-electron chi connectivity index (χ1n) is 5.35. The number of likely N-dealkylation sites (N-methyl/N-ethyl adjacent to an activating group) is 1. The van der Waals surface area contributed by atoms with Gasteiger partial charge >= 0.3 is 6.09 Å². The van der Waals surface area contributed by atoms with E-state index in [0.717, 1.165) is 19.4 Å². The molecule has 88 valence electrons. The summed E-state index contributed by atoms with van der Waals surface area (Å²) >= 11 is 0. The van der Waals surface area contributed by atoms with Gasteiger partial charge in [-0.3, -0.25) is 0 Å². The Labute approximate surface area is 90.7 Å². The lowest BCUT2D eigenvalue weighted by atomic mass is 10.2. The molecular formula is C10H20N2O3. The van der Waals surface area contributed by atoms with Crippen molar-refractivity contribution < 1.29 is 14.3 Å². The summed E-state index contributed by atoms with van der Waals surface area (Å²) in [6.45, 7) is 2.82. The molecule has 5 heteroatoms. The van der Waals surface area contributed by atoms with Gasteiger partial charge in [-0.1, -0.05) is 0 Å². The van der Waals surface area contributed by atoms with Crippen molar-refractivity contribution in [1.82, 2.24) is 10.2 Å². The largest absolute Gasteiger partial charge is 0.446 e. The fraction of sp³-hybridized carbons (Fsp3) is 0.900. The second-order valence-electron chi connectivity index (χ2n) is 3.95. The maximum atomic E-state index is 11.3. The fourth-order valence-corrected chi connectivity index (χ4v) is 1.37. The Bertz CT molecular complexity index is 191. The van der Waals surface area contributed by atoms with Crippen LogP contribution in [0, 0.1) is 0 Å². The molecular weight excluding hydrogens is 196 g/mol. The lowest BCUT2D eigenvalue weighted by molar-refractivity contribution is 0.00160. The van der Waals surface area contributed by atoms with Crippen LogP contribution < -0.4 is 5.32 Å². The van der Waals surface area contributed by atoms with E-state index in [2.05, 4.69) is 5.32 Å². The van der Waals surface area contributed by atoms with Crippen molar-refractivity contribution in [2.24, 2.45) is 0 Å². The summed E-state index contributed by atoms with van der Waals surface area (Å²) < 4.78 is 10.4. The number of carbonyl (C=O) groups is 1. The highest BCUT2D eigenvalue weighted by Gasteiger charge is 2.17. The normalized spacial score (nSPS) is 17.8. The zero-order valence-electron chi connectivity index (χ0n) is 9.49. The van der Waals surface area contributed by atoms with E-state index in [4.69, 9.17) is 9.47 Å². The number of ether oxygens (including phenoxy) is 2. The fourth-order valence-electron chi connectivity index (χ4n) is 1.37. The molecule has 0 aromatic carbocycles. The second-order valence-corrected chi connectivity index (χ2v) is 3.95. The zero-order chi connectivity index (χ0) is 11.1. The summed E-state index contributed by atoms with van der Waals surface area (Å²) in [7, 11) is 3.93. The number of nitrogens with zero attached hydrogens (tertiary/aromatic N) is 1. The SMILES string of the molecule is CN(C)CCNC(=O)OC1CCOCC1. The molecule has 0 aliphatic carbocycles. The monoisotopic (exact) mass is 216 g/mol. The minimum absolute atomic E-state index is 0.0260. The molecule has 0 saturated carbocycles. The van der Waals surface area contributed by atoms with E-state index in [-0.39, 0.29) is 12.2 Å². The first kappa shape index (κ1) is 12.3. The summed E-state index contributed by atoms with van der Waals surface area (Å²) in [6, 6.07) is 0. The third kappa shape index (κ3) is 5.59. The lowest BCUT2D eigenvalue weighted by Gasteiger charge is -2.22. The highest BCUT2D eigenvalue weighted by atomic mass is 16.6. The molecule has 0 aromatic heterocycles. The number of carbonyl (C=O) groups excluding carboxylic acids is 1. The maximum absolute atomic E-state index is 11.3. The Kier molecular flexibility index (Phi) is 5.42. The molecule has 0 bridgehead atoms. The van der Waals surface area contributed by atoms with Gasteiger partial charge in [0.2, 0.25) is 0 Å². The molecule has 0 unspecified atom stereocenters. The van der Waals surface area contributed by atoms with Gasteiger partial charge in [0.25, 0.3) is 0 Å². The summed E-state index contributed by atoms with van der Waals surface area (Å²) in [5.74, 6) is 0. The van der Waals surface area contributed by atoms with Gasteiger partial charge in [-0.25, -0.2) is 4.79 Å². The number of alkyl carbamates (subject to hydrolysis) is 1. The Morgan fingerprint density at radius 2 is 2.13 bits per heavy atom. The number of hydrogen-bond acceptors (Lipinski definition) is 4. The van der Waals surface area contributed by atoms with Crippen molar-refractivity contribution >= 4 is 6.09 Å². The predicted molar refractivity (Wildman–Crippen MR) is 56.9 cm³/mol. The maximum Gasteiger partial charge on any atom is 0.407 e. The molecule has 1 aliphatic rings. The molecule has 1 N–H and O–H groups in total. The van der Waals surface area contributed by atoms with Gasteiger partial charge in [0.05, 0.1) is 13.2 Å². The van der Waals surface area contributed by atoms with Gasteiger partial charge in [0, 0.05) is 25.9 Å². The first-order valence-corrected chi connectivity index (χ1v) is 5.35. The summed E-state index contributed by atoms with van der Waals surface area (Å²) in [4.78, 5) is 13.3. The minimum atomic E-state index is -0.316. The van der Waals surface area contributed by atoms with E-state index >= 15 is 0 Å². The van der Waals surface area contributed by atoms with Crippen molar-refractivity contribution in [2.45, 2.75) is 18.9 Å². The molecule has 1 fully saturated rings. The van der Waals surface area contributed by atoms with Gasteiger partial charge < -0.3 is 19.7 Å². The van der Waals surface area contributed by atoms with Gasteiger partial charge in [-0.2, -0.15) is 0 Å². The van der Waals surface area contributed by atoms with Gasteiger partial charge in [0.15, 0.2) is 0 Å². The average Bonchev–Trinajstić information content (AvgIpc) is 2.18. The van der Waals surface area contributed by atoms with Crippen molar-refractivity contribution in [2.75, 3.05) is 40.4 Å². The van der Waals surface area contributed by atoms with E-state index in [9.17, 15) is 4.79 Å². The number of nitrogens with one attached hydrogen (secondary N) is 1. The van der Waals surface area contributed by atoms with Crippen LogP contribution in [0.5, 0.6) is 0 Å². The highest BCUT2D eigenvalue weighted by Crippen LogP contribution is 2.10. The van der Waals surface area contributed by atoms with Crippen molar-refractivity contribution in [3.05, 3.63) is 0 Å². The Morgan fingerprint density at radius 3 is 2.73 bits per heavy atom. The molecule has 1 aliphatic heterocycles. The minimum Gasteiger partial charge on any atom is -0.446 e. The van der Waals surface area contributed by atoms with Crippen LogP contribution in [0.2, 0.25) is 0 Å². The van der Waals surface area contributed by atoms with Crippen LogP contribution in [0.15, 0.2) is 0 Å². The second kappa shape index (κ2) is 6.63. The Balaban J connectivity index is 2.06. The van der Waals surface area contributed by atoms with Gasteiger partial charge in [-0.15, -0.1) is 0 Å². The topological polar surface area (TPSA) is 50.8 Å². The van der Waals surface area contributed by atoms with Crippen LogP contribution in [0.4, 0.5) is 4.79 Å². The molecule has 1 amide bonds. The quantitative estimate of drug-likeness (QED) is 0.741. The third-order valence-electron chi connectivity index (χ3n) is 2.27. The van der Waals surface area contributed by atoms with Crippen molar-refractivity contribution in [3.63, 3.8) is 0 Å². The Hall–Kier alpha value is -0.810. The highest BCUT2D eigenvalue weighted by molar-refractivity contribution is 5.67. The van der Waals surface area contributed by atoms with E-state index in [0.29, 0.717) is 19.8 Å². The lowest BCUT2D eigenvalue weighted by Crippen LogP contribution is -2.35. The van der Waals surface area contributed by atoms with Crippen molar-refractivity contribution in [1.29, 1.82) is 0 Å². The predicted octanol–water partition coefficient (Wildman–Crippen LogP) is 0.453. The molecule has 5 nitrogen and oxygen atoms in total. The molecule has 0 radical (unpaired) electrons. The third-order valence-corrected chi connectivity index (χ3v) is 2.27. The molecule has 1 heterocycles. The van der Waals surface area contributed by atoms with E-state index < -0.39 is 0 Å². The molecule has 1 rings (SSSR count). The first-order chi connectivity index (χ1) is 7.18. The smallest absolute Gasteiger partial charge is 0.407 e. The van der Waals surface area contributed by atoms with Gasteiger partial charge in [-0.05, 0) is 14.1 Å².